The number of hydrogen-bond acceptors (Lipinski definition) is 3. The summed E-state index contributed by atoms with van der Waals surface area (Å²) in [4.78, 5) is 12.2. The van der Waals surface area contributed by atoms with Gasteiger partial charge in [0, 0.05) is 6.54 Å². The van der Waals surface area contributed by atoms with E-state index in [1.165, 1.54) is 0 Å². The van der Waals surface area contributed by atoms with Crippen molar-refractivity contribution in [2.45, 2.75) is 19.5 Å². The fourth-order valence-electron chi connectivity index (χ4n) is 1.11. The SMILES string of the molecule is CCN1C(C)=C(C(=O)O)OC1Cl. The molecule has 0 saturated carbocycles. The molecular weight excluding hydrogens is 182 g/mol. The van der Waals surface area contributed by atoms with Gasteiger partial charge in [-0.3, -0.25) is 0 Å². The predicted octanol–water partition coefficient (Wildman–Crippen LogP) is 1.18. The number of ether oxygens (including phenoxy) is 1. The maximum Gasteiger partial charge on any atom is 0.373 e. The third kappa shape index (κ3) is 1.34. The Morgan fingerprint density at radius 3 is 2.67 bits per heavy atom. The largest absolute Gasteiger partial charge is 0.475 e. The molecule has 0 bridgehead atoms. The van der Waals surface area contributed by atoms with E-state index in [1.807, 2.05) is 6.92 Å². The highest BCUT2D eigenvalue weighted by Crippen LogP contribution is 2.27. The molecule has 0 aromatic heterocycles. The summed E-state index contributed by atoms with van der Waals surface area (Å²) in [6.07, 6.45) is 0. The number of carbonyl (C=O) groups is 1. The Balaban J connectivity index is 2.89. The number of carboxylic acids is 1. The molecule has 1 rings (SSSR count). The summed E-state index contributed by atoms with van der Waals surface area (Å²) in [6.45, 7) is 4.19. The van der Waals surface area contributed by atoms with Crippen molar-refractivity contribution in [2.75, 3.05) is 6.54 Å². The van der Waals surface area contributed by atoms with Crippen LogP contribution in [0.2, 0.25) is 0 Å². The van der Waals surface area contributed by atoms with Crippen molar-refractivity contribution < 1.29 is 14.6 Å². The number of halogens is 1. The lowest BCUT2D eigenvalue weighted by Crippen LogP contribution is -2.24. The minimum absolute atomic E-state index is 0.0585. The van der Waals surface area contributed by atoms with Crippen LogP contribution < -0.4 is 0 Å². The van der Waals surface area contributed by atoms with Crippen LogP contribution in [-0.2, 0) is 9.53 Å². The van der Waals surface area contributed by atoms with Crippen LogP contribution in [-0.4, -0.2) is 28.2 Å². The van der Waals surface area contributed by atoms with Crippen molar-refractivity contribution >= 4 is 17.6 Å². The monoisotopic (exact) mass is 191 g/mol. The number of allylic oxidation sites excluding steroid dienone is 1. The number of aliphatic carboxylic acids is 1. The fourth-order valence-corrected chi connectivity index (χ4v) is 1.49. The van der Waals surface area contributed by atoms with E-state index in [9.17, 15) is 4.79 Å². The van der Waals surface area contributed by atoms with Gasteiger partial charge in [-0.2, -0.15) is 0 Å². The van der Waals surface area contributed by atoms with Crippen molar-refractivity contribution in [1.82, 2.24) is 4.90 Å². The molecule has 0 aliphatic carbocycles. The van der Waals surface area contributed by atoms with Gasteiger partial charge in [-0.1, -0.05) is 11.6 Å². The molecule has 0 radical (unpaired) electrons. The van der Waals surface area contributed by atoms with E-state index in [0.717, 1.165) is 0 Å². The van der Waals surface area contributed by atoms with Crippen molar-refractivity contribution in [1.29, 1.82) is 0 Å². The van der Waals surface area contributed by atoms with Gasteiger partial charge in [0.25, 0.3) is 5.69 Å². The molecule has 68 valence electrons. The molecule has 0 fully saturated rings. The van der Waals surface area contributed by atoms with Crippen LogP contribution in [0.25, 0.3) is 0 Å². The average molecular weight is 192 g/mol. The molecule has 1 N–H and O–H groups in total. The molecule has 0 spiro atoms. The van der Waals surface area contributed by atoms with E-state index < -0.39 is 11.7 Å². The van der Waals surface area contributed by atoms with E-state index >= 15 is 0 Å². The Bertz CT molecular complexity index is 239. The van der Waals surface area contributed by atoms with E-state index in [0.29, 0.717) is 12.2 Å². The zero-order valence-electron chi connectivity index (χ0n) is 6.87. The first kappa shape index (κ1) is 9.19. The summed E-state index contributed by atoms with van der Waals surface area (Å²) in [5, 5.41) is 8.65. The summed E-state index contributed by atoms with van der Waals surface area (Å²) in [5.74, 6) is -1.13. The normalized spacial score (nSPS) is 22.9. The van der Waals surface area contributed by atoms with Gasteiger partial charge in [-0.05, 0) is 13.8 Å². The van der Waals surface area contributed by atoms with Crippen LogP contribution >= 0.6 is 11.6 Å². The van der Waals surface area contributed by atoms with Crippen molar-refractivity contribution in [3.8, 4) is 0 Å². The van der Waals surface area contributed by atoms with E-state index in [-0.39, 0.29) is 5.76 Å². The topological polar surface area (TPSA) is 49.8 Å². The molecular formula is C7H10ClNO3. The molecule has 1 aliphatic rings. The van der Waals surface area contributed by atoms with Crippen LogP contribution in [0.4, 0.5) is 0 Å². The quantitative estimate of drug-likeness (QED) is 0.526. The third-order valence-corrected chi connectivity index (χ3v) is 2.08. The number of carboxylic acid groups (broad SMARTS) is 1. The van der Waals surface area contributed by atoms with Gasteiger partial charge < -0.3 is 14.7 Å². The second-order valence-electron chi connectivity index (χ2n) is 2.42. The van der Waals surface area contributed by atoms with E-state index in [4.69, 9.17) is 21.4 Å². The van der Waals surface area contributed by atoms with Crippen LogP contribution in [0, 0.1) is 0 Å². The average Bonchev–Trinajstić information content (AvgIpc) is 2.27. The molecule has 0 saturated heterocycles. The highest BCUT2D eigenvalue weighted by Gasteiger charge is 2.31. The van der Waals surface area contributed by atoms with Crippen LogP contribution in [0.5, 0.6) is 0 Å². The third-order valence-electron chi connectivity index (χ3n) is 1.75. The lowest BCUT2D eigenvalue weighted by atomic mass is 10.4. The zero-order chi connectivity index (χ0) is 9.30. The summed E-state index contributed by atoms with van der Waals surface area (Å²) in [5.41, 5.74) is -0.105. The summed E-state index contributed by atoms with van der Waals surface area (Å²) in [6, 6.07) is 0. The number of rotatable bonds is 2. The Morgan fingerprint density at radius 2 is 2.42 bits per heavy atom. The van der Waals surface area contributed by atoms with Crippen LogP contribution in [0.15, 0.2) is 11.5 Å². The zero-order valence-corrected chi connectivity index (χ0v) is 7.63. The summed E-state index contributed by atoms with van der Waals surface area (Å²) >= 11 is 5.71. The molecule has 5 heteroatoms. The van der Waals surface area contributed by atoms with Gasteiger partial charge in [0.05, 0.1) is 5.70 Å². The highest BCUT2D eigenvalue weighted by molar-refractivity contribution is 6.20. The standard InChI is InChI=1S/C7H10ClNO3/c1-3-9-4(2)5(6(10)11)12-7(9)8/h7H,3H2,1-2H3,(H,10,11). The Labute approximate surface area is 75.4 Å². The lowest BCUT2D eigenvalue weighted by molar-refractivity contribution is -0.136. The number of nitrogens with zero attached hydrogens (tertiary/aromatic N) is 1. The molecule has 1 unspecified atom stereocenters. The maximum absolute atomic E-state index is 10.6. The first-order valence-corrected chi connectivity index (χ1v) is 4.03. The van der Waals surface area contributed by atoms with Gasteiger partial charge >= 0.3 is 5.97 Å². The van der Waals surface area contributed by atoms with Crippen LogP contribution in [0.3, 0.4) is 0 Å². The number of alkyl halides is 1. The number of hydrogen-bond donors (Lipinski definition) is 1. The van der Waals surface area contributed by atoms with Crippen molar-refractivity contribution in [3.63, 3.8) is 0 Å². The second kappa shape index (κ2) is 3.23. The lowest BCUT2D eigenvalue weighted by Gasteiger charge is -2.18. The van der Waals surface area contributed by atoms with Gasteiger partial charge in [0.2, 0.25) is 5.76 Å². The maximum atomic E-state index is 10.6. The molecule has 0 aromatic rings. The fraction of sp³-hybridized carbons (Fsp3) is 0.571. The molecule has 12 heavy (non-hydrogen) atoms. The van der Waals surface area contributed by atoms with Crippen LogP contribution in [0.1, 0.15) is 13.8 Å². The molecule has 0 aromatic carbocycles. The molecule has 4 nitrogen and oxygen atoms in total. The smallest absolute Gasteiger partial charge is 0.373 e. The van der Waals surface area contributed by atoms with Gasteiger partial charge in [-0.25, -0.2) is 4.79 Å². The predicted molar refractivity (Wildman–Crippen MR) is 43.4 cm³/mol. The summed E-state index contributed by atoms with van der Waals surface area (Å²) in [7, 11) is 0. The Morgan fingerprint density at radius 1 is 1.83 bits per heavy atom. The van der Waals surface area contributed by atoms with Gasteiger partial charge in [0.1, 0.15) is 0 Å². The Hall–Kier alpha value is -0.900. The minimum Gasteiger partial charge on any atom is -0.475 e. The first-order valence-electron chi connectivity index (χ1n) is 3.59. The summed E-state index contributed by atoms with van der Waals surface area (Å²) < 4.78 is 4.91. The Kier molecular flexibility index (Phi) is 2.47. The second-order valence-corrected chi connectivity index (χ2v) is 2.79. The molecule has 0 amide bonds. The first-order chi connectivity index (χ1) is 5.57. The van der Waals surface area contributed by atoms with E-state index in [1.54, 1.807) is 11.8 Å². The highest BCUT2D eigenvalue weighted by atomic mass is 35.5. The molecule has 1 aliphatic heterocycles. The minimum atomic E-state index is -1.07. The van der Waals surface area contributed by atoms with Crippen molar-refractivity contribution in [2.24, 2.45) is 0 Å². The van der Waals surface area contributed by atoms with Gasteiger partial charge in [0.15, 0.2) is 0 Å². The molecule has 1 heterocycles. The molecule has 1 atom stereocenters. The van der Waals surface area contributed by atoms with Crippen molar-refractivity contribution in [3.05, 3.63) is 11.5 Å². The van der Waals surface area contributed by atoms with E-state index in [2.05, 4.69) is 0 Å². The van der Waals surface area contributed by atoms with Gasteiger partial charge in [-0.15, -0.1) is 0 Å².